The molecule has 0 saturated heterocycles. The summed E-state index contributed by atoms with van der Waals surface area (Å²) < 4.78 is 0. The third-order valence-electron chi connectivity index (χ3n) is 4.86. The number of carbonyl (C=O) groups excluding carboxylic acids is 1. The maximum Gasteiger partial charge on any atom is 0.274 e. The van der Waals surface area contributed by atoms with Gasteiger partial charge in [0.1, 0.15) is 17.8 Å². The second kappa shape index (κ2) is 7.37. The standard InChI is InChI=1S/C21H19ClN4O/c1-14-17(22)7-4-8-18(14)25-21(27)19-11-20(24-13-23-19)26-10-9-15-5-2-3-6-16(15)12-26/h2-8,11,13H,9-10,12H2,1H3,(H,25,27). The van der Waals surface area contributed by atoms with Gasteiger partial charge in [-0.15, -0.1) is 0 Å². The second-order valence-corrected chi connectivity index (χ2v) is 6.98. The molecular weight excluding hydrogens is 360 g/mol. The molecule has 0 saturated carbocycles. The van der Waals surface area contributed by atoms with Gasteiger partial charge in [0.15, 0.2) is 0 Å². The van der Waals surface area contributed by atoms with Gasteiger partial charge in [-0.25, -0.2) is 9.97 Å². The first-order valence-electron chi connectivity index (χ1n) is 8.82. The van der Waals surface area contributed by atoms with Crippen LogP contribution in [0.1, 0.15) is 27.2 Å². The highest BCUT2D eigenvalue weighted by atomic mass is 35.5. The molecule has 1 amide bonds. The number of amides is 1. The van der Waals surface area contributed by atoms with E-state index in [1.807, 2.05) is 19.1 Å². The summed E-state index contributed by atoms with van der Waals surface area (Å²) in [6, 6.07) is 15.6. The first-order chi connectivity index (χ1) is 13.1. The van der Waals surface area contributed by atoms with E-state index >= 15 is 0 Å². The number of nitrogens with zero attached hydrogens (tertiary/aromatic N) is 3. The normalized spacial score (nSPS) is 13.2. The van der Waals surface area contributed by atoms with E-state index in [4.69, 9.17) is 11.6 Å². The molecule has 1 aliphatic heterocycles. The van der Waals surface area contributed by atoms with Crippen molar-refractivity contribution in [2.75, 3.05) is 16.8 Å². The predicted molar refractivity (Wildman–Crippen MR) is 107 cm³/mol. The lowest BCUT2D eigenvalue weighted by atomic mass is 10.00. The van der Waals surface area contributed by atoms with E-state index in [1.165, 1.54) is 17.5 Å². The molecule has 1 aliphatic rings. The summed E-state index contributed by atoms with van der Waals surface area (Å²) in [4.78, 5) is 23.3. The van der Waals surface area contributed by atoms with E-state index in [2.05, 4.69) is 44.5 Å². The number of fused-ring (bicyclic) bond motifs is 1. The van der Waals surface area contributed by atoms with Crippen LogP contribution in [0.4, 0.5) is 11.5 Å². The van der Waals surface area contributed by atoms with E-state index in [0.717, 1.165) is 30.9 Å². The molecule has 0 bridgehead atoms. The highest BCUT2D eigenvalue weighted by Crippen LogP contribution is 2.25. The van der Waals surface area contributed by atoms with Gasteiger partial charge in [0, 0.05) is 29.9 Å². The van der Waals surface area contributed by atoms with Gasteiger partial charge in [0.2, 0.25) is 0 Å². The number of hydrogen-bond donors (Lipinski definition) is 1. The molecule has 1 aromatic heterocycles. The second-order valence-electron chi connectivity index (χ2n) is 6.57. The average molecular weight is 379 g/mol. The Morgan fingerprint density at radius 1 is 1.11 bits per heavy atom. The molecule has 2 aromatic carbocycles. The number of hydrogen-bond acceptors (Lipinski definition) is 4. The number of anilines is 2. The lowest BCUT2D eigenvalue weighted by Gasteiger charge is -2.29. The molecular formula is C21H19ClN4O. The minimum atomic E-state index is -0.276. The van der Waals surface area contributed by atoms with Crippen LogP contribution in [0.5, 0.6) is 0 Å². The van der Waals surface area contributed by atoms with Crippen LogP contribution in [0.2, 0.25) is 5.02 Å². The Bertz CT molecular complexity index is 1000. The van der Waals surface area contributed by atoms with Crippen LogP contribution in [0, 0.1) is 6.92 Å². The molecule has 2 heterocycles. The smallest absolute Gasteiger partial charge is 0.274 e. The summed E-state index contributed by atoms with van der Waals surface area (Å²) in [5, 5.41) is 3.49. The summed E-state index contributed by atoms with van der Waals surface area (Å²) in [6.07, 6.45) is 2.40. The molecule has 0 radical (unpaired) electrons. The van der Waals surface area contributed by atoms with E-state index in [1.54, 1.807) is 12.1 Å². The first-order valence-corrected chi connectivity index (χ1v) is 9.20. The third kappa shape index (κ3) is 3.64. The Balaban J connectivity index is 1.54. The van der Waals surface area contributed by atoms with Crippen molar-refractivity contribution < 1.29 is 4.79 Å². The summed E-state index contributed by atoms with van der Waals surface area (Å²) in [6.45, 7) is 3.51. The van der Waals surface area contributed by atoms with Crippen molar-refractivity contribution in [3.05, 3.63) is 82.3 Å². The van der Waals surface area contributed by atoms with Gasteiger partial charge >= 0.3 is 0 Å². The van der Waals surface area contributed by atoms with Crippen LogP contribution < -0.4 is 10.2 Å². The molecule has 27 heavy (non-hydrogen) atoms. The summed E-state index contributed by atoms with van der Waals surface area (Å²) in [7, 11) is 0. The van der Waals surface area contributed by atoms with Crippen LogP contribution >= 0.6 is 11.6 Å². The SMILES string of the molecule is Cc1c(Cl)cccc1NC(=O)c1cc(N2CCc3ccccc3C2)ncn1. The lowest BCUT2D eigenvalue weighted by Crippen LogP contribution is -2.31. The van der Waals surface area contributed by atoms with Crippen LogP contribution in [0.3, 0.4) is 0 Å². The Morgan fingerprint density at radius 3 is 2.78 bits per heavy atom. The fourth-order valence-corrected chi connectivity index (χ4v) is 3.44. The largest absolute Gasteiger partial charge is 0.352 e. The van der Waals surface area contributed by atoms with Gasteiger partial charge < -0.3 is 10.2 Å². The molecule has 0 unspecified atom stereocenters. The molecule has 5 nitrogen and oxygen atoms in total. The van der Waals surface area contributed by atoms with Crippen LogP contribution in [-0.2, 0) is 13.0 Å². The minimum absolute atomic E-state index is 0.276. The first kappa shape index (κ1) is 17.5. The number of benzene rings is 2. The Kier molecular flexibility index (Phi) is 4.77. The van der Waals surface area contributed by atoms with Crippen molar-refractivity contribution in [2.45, 2.75) is 19.9 Å². The van der Waals surface area contributed by atoms with Crippen molar-refractivity contribution in [3.63, 3.8) is 0 Å². The highest BCUT2D eigenvalue weighted by Gasteiger charge is 2.19. The topological polar surface area (TPSA) is 58.1 Å². The van der Waals surface area contributed by atoms with E-state index < -0.39 is 0 Å². The Morgan fingerprint density at radius 2 is 1.93 bits per heavy atom. The lowest BCUT2D eigenvalue weighted by molar-refractivity contribution is 0.102. The minimum Gasteiger partial charge on any atom is -0.352 e. The number of halogens is 1. The molecule has 0 aliphatic carbocycles. The number of nitrogens with one attached hydrogen (secondary N) is 1. The van der Waals surface area contributed by atoms with Gasteiger partial charge in [-0.3, -0.25) is 4.79 Å². The maximum absolute atomic E-state index is 12.6. The van der Waals surface area contributed by atoms with Gasteiger partial charge in [0.05, 0.1) is 0 Å². The molecule has 4 rings (SSSR count). The Hall–Kier alpha value is -2.92. The monoisotopic (exact) mass is 378 g/mol. The zero-order valence-corrected chi connectivity index (χ0v) is 15.7. The maximum atomic E-state index is 12.6. The summed E-state index contributed by atoms with van der Waals surface area (Å²) in [5.74, 6) is 0.480. The van der Waals surface area contributed by atoms with Crippen LogP contribution in [-0.4, -0.2) is 22.4 Å². The fraction of sp³-hybridized carbons (Fsp3) is 0.190. The molecule has 136 valence electrons. The van der Waals surface area contributed by atoms with Gasteiger partial charge in [-0.1, -0.05) is 41.9 Å². The number of aromatic nitrogens is 2. The molecule has 0 atom stereocenters. The van der Waals surface area contributed by atoms with Crippen LogP contribution in [0.15, 0.2) is 54.9 Å². The van der Waals surface area contributed by atoms with E-state index in [0.29, 0.717) is 16.4 Å². The zero-order chi connectivity index (χ0) is 18.8. The summed E-state index contributed by atoms with van der Waals surface area (Å²) >= 11 is 6.13. The van der Waals surface area contributed by atoms with Crippen molar-refractivity contribution >= 4 is 29.0 Å². The van der Waals surface area contributed by atoms with Crippen molar-refractivity contribution in [1.82, 2.24) is 9.97 Å². The van der Waals surface area contributed by atoms with Crippen molar-refractivity contribution in [2.24, 2.45) is 0 Å². The molecule has 1 N–H and O–H groups in total. The van der Waals surface area contributed by atoms with Gasteiger partial charge in [-0.2, -0.15) is 0 Å². The van der Waals surface area contributed by atoms with Crippen molar-refractivity contribution in [3.8, 4) is 0 Å². The third-order valence-corrected chi connectivity index (χ3v) is 5.27. The molecule has 0 spiro atoms. The van der Waals surface area contributed by atoms with Crippen molar-refractivity contribution in [1.29, 1.82) is 0 Å². The van der Waals surface area contributed by atoms with Gasteiger partial charge in [-0.05, 0) is 42.2 Å². The quantitative estimate of drug-likeness (QED) is 0.740. The highest BCUT2D eigenvalue weighted by molar-refractivity contribution is 6.31. The number of carbonyl (C=O) groups is 1. The number of rotatable bonds is 3. The molecule has 0 fully saturated rings. The molecule has 6 heteroatoms. The van der Waals surface area contributed by atoms with E-state index in [-0.39, 0.29) is 5.91 Å². The van der Waals surface area contributed by atoms with E-state index in [9.17, 15) is 4.79 Å². The van der Waals surface area contributed by atoms with Gasteiger partial charge in [0.25, 0.3) is 5.91 Å². The predicted octanol–water partition coefficient (Wildman–Crippen LogP) is 4.25. The fourth-order valence-electron chi connectivity index (χ4n) is 3.26. The Labute approximate surface area is 163 Å². The van der Waals surface area contributed by atoms with Crippen LogP contribution in [0.25, 0.3) is 0 Å². The summed E-state index contributed by atoms with van der Waals surface area (Å²) in [5.41, 5.74) is 4.51. The molecule has 3 aromatic rings. The average Bonchev–Trinajstić information content (AvgIpc) is 2.71. The zero-order valence-electron chi connectivity index (χ0n) is 14.9.